The zero-order valence-electron chi connectivity index (χ0n) is 13.2. The van der Waals surface area contributed by atoms with Crippen LogP contribution in [-0.2, 0) is 0 Å². The fourth-order valence-corrected chi connectivity index (χ4v) is 3.20. The van der Waals surface area contributed by atoms with E-state index in [0.717, 1.165) is 11.8 Å². The van der Waals surface area contributed by atoms with Gasteiger partial charge in [0.15, 0.2) is 0 Å². The van der Waals surface area contributed by atoms with Crippen LogP contribution in [0.2, 0.25) is 0 Å². The van der Waals surface area contributed by atoms with E-state index in [2.05, 4.69) is 38.2 Å². The summed E-state index contributed by atoms with van der Waals surface area (Å²) in [6.07, 6.45) is 24.7. The SMILES string of the molecule is CC=CCCC1CCC(CCC=CCCCC)CC1. The van der Waals surface area contributed by atoms with Gasteiger partial charge >= 0.3 is 0 Å². The molecular weight excluding hydrogens is 228 g/mol. The molecule has 0 aliphatic heterocycles. The van der Waals surface area contributed by atoms with Crippen molar-refractivity contribution in [3.8, 4) is 0 Å². The first kappa shape index (κ1) is 16.5. The molecule has 0 aromatic heterocycles. The zero-order chi connectivity index (χ0) is 13.8. The fraction of sp³-hybridized carbons (Fsp3) is 0.789. The Balaban J connectivity index is 2.01. The van der Waals surface area contributed by atoms with Gasteiger partial charge in [-0.2, -0.15) is 0 Å². The Kier molecular flexibility index (Phi) is 9.85. The summed E-state index contributed by atoms with van der Waals surface area (Å²) in [7, 11) is 0. The van der Waals surface area contributed by atoms with Gasteiger partial charge in [0.1, 0.15) is 0 Å². The molecule has 1 aliphatic rings. The first-order valence-corrected chi connectivity index (χ1v) is 8.63. The van der Waals surface area contributed by atoms with E-state index in [1.54, 1.807) is 0 Å². The number of hydrogen-bond donors (Lipinski definition) is 0. The van der Waals surface area contributed by atoms with Crippen molar-refractivity contribution in [1.82, 2.24) is 0 Å². The Labute approximate surface area is 121 Å². The fourth-order valence-electron chi connectivity index (χ4n) is 3.20. The van der Waals surface area contributed by atoms with Crippen LogP contribution in [0.15, 0.2) is 24.3 Å². The topological polar surface area (TPSA) is 0 Å². The third-order valence-electron chi connectivity index (χ3n) is 4.58. The van der Waals surface area contributed by atoms with Crippen molar-refractivity contribution in [2.75, 3.05) is 0 Å². The van der Waals surface area contributed by atoms with Gasteiger partial charge in [-0.15, -0.1) is 0 Å². The molecule has 0 heteroatoms. The van der Waals surface area contributed by atoms with E-state index in [4.69, 9.17) is 0 Å². The summed E-state index contributed by atoms with van der Waals surface area (Å²) in [5.41, 5.74) is 0. The van der Waals surface area contributed by atoms with E-state index in [1.165, 1.54) is 70.6 Å². The minimum atomic E-state index is 1.02. The second-order valence-corrected chi connectivity index (χ2v) is 6.22. The van der Waals surface area contributed by atoms with Crippen LogP contribution in [0, 0.1) is 11.8 Å². The average molecular weight is 262 g/mol. The second kappa shape index (κ2) is 11.3. The highest BCUT2D eigenvalue weighted by molar-refractivity contribution is 4.84. The summed E-state index contributed by atoms with van der Waals surface area (Å²) in [5, 5.41) is 0. The molecular formula is C19H34. The highest BCUT2D eigenvalue weighted by Crippen LogP contribution is 2.33. The van der Waals surface area contributed by atoms with Gasteiger partial charge in [-0.3, -0.25) is 0 Å². The smallest absolute Gasteiger partial charge is 0.0348 e. The largest absolute Gasteiger partial charge is 0.0917 e. The van der Waals surface area contributed by atoms with E-state index in [9.17, 15) is 0 Å². The van der Waals surface area contributed by atoms with Crippen LogP contribution in [0.3, 0.4) is 0 Å². The molecule has 1 fully saturated rings. The Morgan fingerprint density at radius 1 is 0.789 bits per heavy atom. The van der Waals surface area contributed by atoms with Gasteiger partial charge in [0.25, 0.3) is 0 Å². The molecule has 0 aromatic rings. The number of allylic oxidation sites excluding steroid dienone is 4. The molecule has 0 atom stereocenters. The van der Waals surface area contributed by atoms with Crippen molar-refractivity contribution >= 4 is 0 Å². The Morgan fingerprint density at radius 3 is 1.84 bits per heavy atom. The van der Waals surface area contributed by atoms with E-state index in [-0.39, 0.29) is 0 Å². The van der Waals surface area contributed by atoms with Crippen molar-refractivity contribution in [2.45, 2.75) is 84.5 Å². The van der Waals surface area contributed by atoms with Gasteiger partial charge < -0.3 is 0 Å². The molecule has 1 rings (SSSR count). The minimum Gasteiger partial charge on any atom is -0.0917 e. The van der Waals surface area contributed by atoms with Gasteiger partial charge in [0, 0.05) is 0 Å². The first-order valence-electron chi connectivity index (χ1n) is 8.63. The predicted molar refractivity (Wildman–Crippen MR) is 87.4 cm³/mol. The zero-order valence-corrected chi connectivity index (χ0v) is 13.2. The van der Waals surface area contributed by atoms with Gasteiger partial charge in [0.05, 0.1) is 0 Å². The summed E-state index contributed by atoms with van der Waals surface area (Å²) in [6.45, 7) is 4.40. The Hall–Kier alpha value is -0.520. The van der Waals surface area contributed by atoms with Crippen LogP contribution < -0.4 is 0 Å². The van der Waals surface area contributed by atoms with Gasteiger partial charge in [0.2, 0.25) is 0 Å². The lowest BCUT2D eigenvalue weighted by atomic mass is 9.78. The predicted octanol–water partition coefficient (Wildman–Crippen LogP) is 6.68. The highest BCUT2D eigenvalue weighted by atomic mass is 14.2. The van der Waals surface area contributed by atoms with Crippen molar-refractivity contribution in [2.24, 2.45) is 11.8 Å². The van der Waals surface area contributed by atoms with Crippen molar-refractivity contribution < 1.29 is 0 Å². The summed E-state index contributed by atoms with van der Waals surface area (Å²) >= 11 is 0. The Morgan fingerprint density at radius 2 is 1.32 bits per heavy atom. The standard InChI is InChI=1S/C19H34/c1-3-5-7-8-9-11-13-19-16-14-18(15-17-19)12-10-6-4-2/h4,6,8-9,18-19H,3,5,7,10-17H2,1-2H3. The van der Waals surface area contributed by atoms with Crippen LogP contribution in [0.4, 0.5) is 0 Å². The van der Waals surface area contributed by atoms with Crippen molar-refractivity contribution in [3.63, 3.8) is 0 Å². The molecule has 0 bridgehead atoms. The van der Waals surface area contributed by atoms with E-state index in [0.29, 0.717) is 0 Å². The Bertz CT molecular complexity index is 241. The molecule has 0 aromatic carbocycles. The molecule has 0 amide bonds. The van der Waals surface area contributed by atoms with Crippen LogP contribution in [-0.4, -0.2) is 0 Å². The normalized spacial score (nSPS) is 24.5. The molecule has 0 radical (unpaired) electrons. The third-order valence-corrected chi connectivity index (χ3v) is 4.58. The van der Waals surface area contributed by atoms with E-state index >= 15 is 0 Å². The molecule has 110 valence electrons. The quantitative estimate of drug-likeness (QED) is 0.321. The molecule has 1 saturated carbocycles. The molecule has 1 aliphatic carbocycles. The molecule has 0 nitrogen and oxygen atoms in total. The first-order chi connectivity index (χ1) is 9.36. The maximum atomic E-state index is 2.42. The summed E-state index contributed by atoms with van der Waals surface area (Å²) in [4.78, 5) is 0. The van der Waals surface area contributed by atoms with E-state index < -0.39 is 0 Å². The van der Waals surface area contributed by atoms with Gasteiger partial charge in [-0.1, -0.05) is 69.8 Å². The maximum Gasteiger partial charge on any atom is -0.0348 e. The van der Waals surface area contributed by atoms with Gasteiger partial charge in [-0.05, 0) is 50.9 Å². The van der Waals surface area contributed by atoms with Crippen LogP contribution >= 0.6 is 0 Å². The van der Waals surface area contributed by atoms with E-state index in [1.807, 2.05) is 0 Å². The lowest BCUT2D eigenvalue weighted by Gasteiger charge is -2.28. The average Bonchev–Trinajstić information content (AvgIpc) is 2.44. The highest BCUT2D eigenvalue weighted by Gasteiger charge is 2.19. The van der Waals surface area contributed by atoms with Crippen molar-refractivity contribution in [3.05, 3.63) is 24.3 Å². The number of hydrogen-bond acceptors (Lipinski definition) is 0. The van der Waals surface area contributed by atoms with Gasteiger partial charge in [-0.25, -0.2) is 0 Å². The van der Waals surface area contributed by atoms with Crippen LogP contribution in [0.1, 0.15) is 84.5 Å². The molecule has 0 unspecified atom stereocenters. The monoisotopic (exact) mass is 262 g/mol. The molecule has 0 heterocycles. The van der Waals surface area contributed by atoms with Crippen LogP contribution in [0.25, 0.3) is 0 Å². The van der Waals surface area contributed by atoms with Crippen molar-refractivity contribution in [1.29, 1.82) is 0 Å². The summed E-state index contributed by atoms with van der Waals surface area (Å²) in [6, 6.07) is 0. The molecule has 0 spiro atoms. The minimum absolute atomic E-state index is 1.02. The molecule has 19 heavy (non-hydrogen) atoms. The summed E-state index contributed by atoms with van der Waals surface area (Å²) in [5.74, 6) is 2.04. The molecule has 0 saturated heterocycles. The maximum absolute atomic E-state index is 2.42. The summed E-state index contributed by atoms with van der Waals surface area (Å²) < 4.78 is 0. The lowest BCUT2D eigenvalue weighted by molar-refractivity contribution is 0.255. The second-order valence-electron chi connectivity index (χ2n) is 6.22. The lowest BCUT2D eigenvalue weighted by Crippen LogP contribution is -2.14. The third kappa shape index (κ3) is 8.29. The number of rotatable bonds is 9. The molecule has 0 N–H and O–H groups in total. The number of unbranched alkanes of at least 4 members (excludes halogenated alkanes) is 2. The van der Waals surface area contributed by atoms with Crippen LogP contribution in [0.5, 0.6) is 0 Å².